The standard InChI is InChI=1S/C20H31FN4O/c1-5-22-19(23-13-16-9-8-15(2)17(21)12-16)24-14-20(10-6-7-11-20)18(26)25(3)4/h8-9,12H,5-7,10-11,13-14H2,1-4H3,(H2,22,23,24). The first-order chi connectivity index (χ1) is 12.4. The van der Waals surface area contributed by atoms with Crippen LogP contribution in [0.2, 0.25) is 0 Å². The SMILES string of the molecule is CCNC(=NCc1ccc(C)c(F)c1)NCC1(C(=O)N(C)C)CCCC1. The minimum Gasteiger partial charge on any atom is -0.357 e. The number of nitrogens with zero attached hydrogens (tertiary/aromatic N) is 2. The molecule has 0 saturated heterocycles. The molecule has 26 heavy (non-hydrogen) atoms. The summed E-state index contributed by atoms with van der Waals surface area (Å²) in [5.41, 5.74) is 1.11. The first-order valence-electron chi connectivity index (χ1n) is 9.37. The van der Waals surface area contributed by atoms with Crippen molar-refractivity contribution in [3.05, 3.63) is 35.1 Å². The van der Waals surface area contributed by atoms with E-state index in [1.165, 1.54) is 6.07 Å². The van der Waals surface area contributed by atoms with Crippen molar-refractivity contribution in [2.24, 2.45) is 10.4 Å². The second kappa shape index (κ2) is 9.01. The molecule has 2 N–H and O–H groups in total. The smallest absolute Gasteiger partial charge is 0.230 e. The van der Waals surface area contributed by atoms with E-state index in [1.807, 2.05) is 27.1 Å². The summed E-state index contributed by atoms with van der Waals surface area (Å²) in [7, 11) is 3.63. The van der Waals surface area contributed by atoms with Gasteiger partial charge in [-0.3, -0.25) is 4.79 Å². The number of hydrogen-bond acceptors (Lipinski definition) is 2. The van der Waals surface area contributed by atoms with E-state index in [0.29, 0.717) is 24.6 Å². The minimum absolute atomic E-state index is 0.180. The summed E-state index contributed by atoms with van der Waals surface area (Å²) in [4.78, 5) is 18.9. The molecule has 1 aliphatic rings. The molecule has 6 heteroatoms. The topological polar surface area (TPSA) is 56.7 Å². The highest BCUT2D eigenvalue weighted by Gasteiger charge is 2.42. The van der Waals surface area contributed by atoms with Gasteiger partial charge in [0.05, 0.1) is 12.0 Å². The van der Waals surface area contributed by atoms with Crippen molar-refractivity contribution in [2.45, 2.75) is 46.1 Å². The third kappa shape index (κ3) is 4.96. The summed E-state index contributed by atoms with van der Waals surface area (Å²) in [6.07, 6.45) is 3.97. The fraction of sp³-hybridized carbons (Fsp3) is 0.600. The van der Waals surface area contributed by atoms with Crippen LogP contribution >= 0.6 is 0 Å². The number of benzene rings is 1. The number of aryl methyl sites for hydroxylation is 1. The zero-order valence-electron chi connectivity index (χ0n) is 16.4. The summed E-state index contributed by atoms with van der Waals surface area (Å²) in [6, 6.07) is 5.18. The molecule has 0 unspecified atom stereocenters. The molecule has 144 valence electrons. The van der Waals surface area contributed by atoms with E-state index in [9.17, 15) is 9.18 Å². The average molecular weight is 362 g/mol. The van der Waals surface area contributed by atoms with Gasteiger partial charge >= 0.3 is 0 Å². The highest BCUT2D eigenvalue weighted by atomic mass is 19.1. The van der Waals surface area contributed by atoms with Gasteiger partial charge in [-0.15, -0.1) is 0 Å². The van der Waals surface area contributed by atoms with Gasteiger partial charge in [0, 0.05) is 27.2 Å². The molecule has 0 spiro atoms. The number of carbonyl (C=O) groups excluding carboxylic acids is 1. The maximum absolute atomic E-state index is 13.7. The van der Waals surface area contributed by atoms with Gasteiger partial charge in [0.15, 0.2) is 5.96 Å². The van der Waals surface area contributed by atoms with E-state index < -0.39 is 0 Å². The Morgan fingerprint density at radius 3 is 2.54 bits per heavy atom. The van der Waals surface area contributed by atoms with Gasteiger partial charge < -0.3 is 15.5 Å². The zero-order valence-corrected chi connectivity index (χ0v) is 16.4. The van der Waals surface area contributed by atoms with E-state index in [-0.39, 0.29) is 17.1 Å². The van der Waals surface area contributed by atoms with Crippen molar-refractivity contribution >= 4 is 11.9 Å². The zero-order chi connectivity index (χ0) is 19.2. The van der Waals surface area contributed by atoms with Crippen molar-refractivity contribution in [3.63, 3.8) is 0 Å². The third-order valence-corrected chi connectivity index (χ3v) is 5.01. The molecule has 0 aromatic heterocycles. The van der Waals surface area contributed by atoms with Crippen LogP contribution in [0, 0.1) is 18.2 Å². The van der Waals surface area contributed by atoms with Crippen molar-refractivity contribution in [1.82, 2.24) is 15.5 Å². The molecule has 0 radical (unpaired) electrons. The lowest BCUT2D eigenvalue weighted by molar-refractivity contribution is -0.138. The third-order valence-electron chi connectivity index (χ3n) is 5.01. The molecule has 1 aromatic rings. The van der Waals surface area contributed by atoms with Gasteiger partial charge in [0.1, 0.15) is 5.82 Å². The lowest BCUT2D eigenvalue weighted by atomic mass is 9.84. The van der Waals surface area contributed by atoms with E-state index in [4.69, 9.17) is 0 Å². The number of nitrogens with one attached hydrogen (secondary N) is 2. The van der Waals surface area contributed by atoms with Gasteiger partial charge in [-0.05, 0) is 43.9 Å². The van der Waals surface area contributed by atoms with E-state index in [2.05, 4.69) is 15.6 Å². The summed E-state index contributed by atoms with van der Waals surface area (Å²) in [5.74, 6) is 0.627. The highest BCUT2D eigenvalue weighted by Crippen LogP contribution is 2.38. The average Bonchev–Trinajstić information content (AvgIpc) is 3.09. The first kappa shape index (κ1) is 20.2. The highest BCUT2D eigenvalue weighted by molar-refractivity contribution is 5.85. The lowest BCUT2D eigenvalue weighted by Crippen LogP contribution is -2.49. The molecule has 2 rings (SSSR count). The van der Waals surface area contributed by atoms with Gasteiger partial charge in [0.25, 0.3) is 0 Å². The van der Waals surface area contributed by atoms with Crippen molar-refractivity contribution < 1.29 is 9.18 Å². The summed E-state index contributed by atoms with van der Waals surface area (Å²) in [6.45, 7) is 5.43. The number of guanidine groups is 1. The molecule has 5 nitrogen and oxygen atoms in total. The van der Waals surface area contributed by atoms with Crippen molar-refractivity contribution in [1.29, 1.82) is 0 Å². The quantitative estimate of drug-likeness (QED) is 0.604. The Balaban J connectivity index is 2.06. The normalized spacial score (nSPS) is 16.4. The van der Waals surface area contributed by atoms with Crippen LogP contribution in [0.5, 0.6) is 0 Å². The largest absolute Gasteiger partial charge is 0.357 e. The fourth-order valence-electron chi connectivity index (χ4n) is 3.49. The maximum atomic E-state index is 13.7. The van der Waals surface area contributed by atoms with Crippen molar-refractivity contribution in [3.8, 4) is 0 Å². The lowest BCUT2D eigenvalue weighted by Gasteiger charge is -2.31. The van der Waals surface area contributed by atoms with Crippen LogP contribution in [0.15, 0.2) is 23.2 Å². The number of carbonyl (C=O) groups is 1. The van der Waals surface area contributed by atoms with E-state index in [1.54, 1.807) is 17.9 Å². The Kier molecular flexibility index (Phi) is 7.00. The van der Waals surface area contributed by atoms with E-state index >= 15 is 0 Å². The Morgan fingerprint density at radius 2 is 1.96 bits per heavy atom. The molecule has 1 saturated carbocycles. The molecular weight excluding hydrogens is 331 g/mol. The van der Waals surface area contributed by atoms with Gasteiger partial charge in [-0.1, -0.05) is 25.0 Å². The molecule has 1 aliphatic carbocycles. The predicted molar refractivity (Wildman–Crippen MR) is 104 cm³/mol. The maximum Gasteiger partial charge on any atom is 0.230 e. The molecule has 0 aliphatic heterocycles. The van der Waals surface area contributed by atoms with Gasteiger partial charge in [-0.2, -0.15) is 0 Å². The Morgan fingerprint density at radius 1 is 1.27 bits per heavy atom. The number of aliphatic imine (C=N–C) groups is 1. The van der Waals surface area contributed by atoms with Crippen LogP contribution in [0.25, 0.3) is 0 Å². The van der Waals surface area contributed by atoms with E-state index in [0.717, 1.165) is 37.8 Å². The molecule has 0 heterocycles. The second-order valence-electron chi connectivity index (χ2n) is 7.32. The summed E-state index contributed by atoms with van der Waals surface area (Å²) in [5, 5.41) is 6.54. The molecule has 0 atom stereocenters. The molecule has 1 aromatic carbocycles. The van der Waals surface area contributed by atoms with Crippen LogP contribution in [0.4, 0.5) is 4.39 Å². The molecule has 1 fully saturated rings. The van der Waals surface area contributed by atoms with Gasteiger partial charge in [0.2, 0.25) is 5.91 Å². The monoisotopic (exact) mass is 362 g/mol. The Labute approximate surface area is 156 Å². The van der Waals surface area contributed by atoms with Crippen LogP contribution in [-0.4, -0.2) is 44.0 Å². The Bertz CT molecular complexity index is 651. The minimum atomic E-state index is -0.352. The summed E-state index contributed by atoms with van der Waals surface area (Å²) < 4.78 is 13.7. The number of halogens is 1. The number of amides is 1. The predicted octanol–water partition coefficient (Wildman–Crippen LogP) is 2.84. The molecule has 1 amide bonds. The molecular formula is C20H31FN4O. The summed E-state index contributed by atoms with van der Waals surface area (Å²) >= 11 is 0. The van der Waals surface area contributed by atoms with Gasteiger partial charge in [-0.25, -0.2) is 9.38 Å². The second-order valence-corrected chi connectivity index (χ2v) is 7.32. The first-order valence-corrected chi connectivity index (χ1v) is 9.37. The van der Waals surface area contributed by atoms with Crippen LogP contribution < -0.4 is 10.6 Å². The fourth-order valence-corrected chi connectivity index (χ4v) is 3.49. The Hall–Kier alpha value is -2.11. The molecule has 0 bridgehead atoms. The van der Waals surface area contributed by atoms with Crippen LogP contribution in [0.3, 0.4) is 0 Å². The number of hydrogen-bond donors (Lipinski definition) is 2. The van der Waals surface area contributed by atoms with Crippen LogP contribution in [0.1, 0.15) is 43.7 Å². The number of rotatable bonds is 6. The van der Waals surface area contributed by atoms with Crippen molar-refractivity contribution in [2.75, 3.05) is 27.2 Å². The van der Waals surface area contributed by atoms with Crippen LogP contribution in [-0.2, 0) is 11.3 Å².